The number of nitrogens with zero attached hydrogens (tertiary/aromatic N) is 2. The van der Waals surface area contributed by atoms with Gasteiger partial charge in [-0.25, -0.2) is 4.98 Å². The van der Waals surface area contributed by atoms with Crippen molar-refractivity contribution in [2.45, 2.75) is 30.2 Å². The molecule has 3 nitrogen and oxygen atoms in total. The Labute approximate surface area is 141 Å². The molecule has 0 radical (unpaired) electrons. The molecule has 4 rings (SSSR count). The lowest BCUT2D eigenvalue weighted by Crippen LogP contribution is -2.30. The molecule has 0 saturated carbocycles. The van der Waals surface area contributed by atoms with Crippen LogP contribution in [0.4, 0.5) is 5.69 Å². The van der Waals surface area contributed by atoms with Crippen molar-refractivity contribution in [1.82, 2.24) is 9.97 Å². The van der Waals surface area contributed by atoms with Crippen LogP contribution in [-0.2, 0) is 5.75 Å². The Morgan fingerprint density at radius 3 is 2.61 bits per heavy atom. The number of fused-ring (bicyclic) bond motifs is 1. The Morgan fingerprint density at radius 2 is 1.74 bits per heavy atom. The lowest BCUT2D eigenvalue weighted by Gasteiger charge is -2.30. The van der Waals surface area contributed by atoms with Crippen molar-refractivity contribution in [2.75, 3.05) is 18.0 Å². The second-order valence-corrected chi connectivity index (χ2v) is 6.99. The molecule has 0 bridgehead atoms. The van der Waals surface area contributed by atoms with E-state index in [9.17, 15) is 0 Å². The summed E-state index contributed by atoms with van der Waals surface area (Å²) in [5, 5.41) is 1.000. The van der Waals surface area contributed by atoms with Crippen LogP contribution in [0.25, 0.3) is 11.0 Å². The molecule has 0 aliphatic carbocycles. The van der Waals surface area contributed by atoms with Crippen LogP contribution in [0.15, 0.2) is 53.7 Å². The number of thioether (sulfide) groups is 1. The number of H-pyrrole nitrogens is 1. The fraction of sp³-hybridized carbons (Fsp3) is 0.316. The van der Waals surface area contributed by atoms with E-state index in [1.54, 1.807) is 11.8 Å². The molecule has 2 heterocycles. The Kier molecular flexibility index (Phi) is 4.24. The van der Waals surface area contributed by atoms with Gasteiger partial charge in [-0.1, -0.05) is 42.1 Å². The summed E-state index contributed by atoms with van der Waals surface area (Å²) >= 11 is 1.78. The van der Waals surface area contributed by atoms with Crippen molar-refractivity contribution in [1.29, 1.82) is 0 Å². The molecule has 0 amide bonds. The van der Waals surface area contributed by atoms with E-state index in [-0.39, 0.29) is 0 Å². The number of hydrogen-bond acceptors (Lipinski definition) is 3. The van der Waals surface area contributed by atoms with E-state index in [1.165, 1.54) is 43.6 Å². The van der Waals surface area contributed by atoms with E-state index < -0.39 is 0 Å². The van der Waals surface area contributed by atoms with Crippen LogP contribution in [0.5, 0.6) is 0 Å². The monoisotopic (exact) mass is 323 g/mol. The average molecular weight is 323 g/mol. The molecule has 3 aromatic rings. The number of benzene rings is 2. The van der Waals surface area contributed by atoms with E-state index in [2.05, 4.69) is 51.3 Å². The molecule has 1 aliphatic rings. The lowest BCUT2D eigenvalue weighted by atomic mass is 10.1. The van der Waals surface area contributed by atoms with Gasteiger partial charge in [-0.3, -0.25) is 0 Å². The third-order valence-electron chi connectivity index (χ3n) is 4.42. The largest absolute Gasteiger partial charge is 0.371 e. The normalized spacial score (nSPS) is 15.2. The molecular weight excluding hydrogens is 302 g/mol. The Hall–Kier alpha value is -1.94. The van der Waals surface area contributed by atoms with E-state index in [4.69, 9.17) is 0 Å². The van der Waals surface area contributed by atoms with E-state index >= 15 is 0 Å². The summed E-state index contributed by atoms with van der Waals surface area (Å²) in [6.45, 7) is 2.37. The van der Waals surface area contributed by atoms with Crippen LogP contribution >= 0.6 is 11.8 Å². The summed E-state index contributed by atoms with van der Waals surface area (Å²) in [5.74, 6) is 0.951. The third kappa shape index (κ3) is 3.22. The van der Waals surface area contributed by atoms with Crippen molar-refractivity contribution in [3.63, 3.8) is 0 Å². The number of hydrogen-bond donors (Lipinski definition) is 1. The summed E-state index contributed by atoms with van der Waals surface area (Å²) in [7, 11) is 0. The standard InChI is InChI=1S/C19H21N3S/c1-6-12-22(13-7-1)18-11-5-2-8-15(18)14-23-19-20-16-9-3-4-10-17(16)21-19/h2-5,8-11H,1,6-7,12-14H2,(H,20,21). The minimum atomic E-state index is 0.951. The highest BCUT2D eigenvalue weighted by molar-refractivity contribution is 7.98. The quantitative estimate of drug-likeness (QED) is 0.697. The molecule has 0 unspecified atom stereocenters. The first kappa shape index (κ1) is 14.6. The topological polar surface area (TPSA) is 31.9 Å². The van der Waals surface area contributed by atoms with E-state index in [0.717, 1.165) is 21.9 Å². The number of aromatic amines is 1. The fourth-order valence-electron chi connectivity index (χ4n) is 3.22. The average Bonchev–Trinajstić information content (AvgIpc) is 3.04. The highest BCUT2D eigenvalue weighted by Crippen LogP contribution is 2.30. The maximum Gasteiger partial charge on any atom is 0.166 e. The zero-order valence-corrected chi connectivity index (χ0v) is 14.0. The van der Waals surface area contributed by atoms with Crippen LogP contribution < -0.4 is 4.90 Å². The van der Waals surface area contributed by atoms with E-state index in [1.807, 2.05) is 12.1 Å². The van der Waals surface area contributed by atoms with Crippen molar-refractivity contribution in [3.05, 3.63) is 54.1 Å². The van der Waals surface area contributed by atoms with Gasteiger partial charge in [0, 0.05) is 24.5 Å². The third-order valence-corrected chi connectivity index (χ3v) is 5.34. The molecule has 1 aliphatic heterocycles. The van der Waals surface area contributed by atoms with Gasteiger partial charge in [0.25, 0.3) is 0 Å². The summed E-state index contributed by atoms with van der Waals surface area (Å²) < 4.78 is 0. The zero-order valence-electron chi connectivity index (χ0n) is 13.2. The van der Waals surface area contributed by atoms with Gasteiger partial charge in [-0.15, -0.1) is 0 Å². The fourth-order valence-corrected chi connectivity index (χ4v) is 4.10. The molecule has 4 heteroatoms. The molecule has 118 valence electrons. The SMILES string of the molecule is c1ccc(N2CCCCC2)c(CSc2nc3ccccc3[nH]2)c1. The number of rotatable bonds is 4. The van der Waals surface area contributed by atoms with Gasteiger partial charge in [0.05, 0.1) is 11.0 Å². The Bertz CT molecular complexity index is 757. The van der Waals surface area contributed by atoms with Crippen LogP contribution in [0.1, 0.15) is 24.8 Å². The molecule has 1 aromatic heterocycles. The van der Waals surface area contributed by atoms with Gasteiger partial charge >= 0.3 is 0 Å². The van der Waals surface area contributed by atoms with Crippen molar-refractivity contribution in [2.24, 2.45) is 0 Å². The first-order valence-electron chi connectivity index (χ1n) is 8.30. The number of nitrogens with one attached hydrogen (secondary N) is 1. The summed E-state index contributed by atoms with van der Waals surface area (Å²) in [5.41, 5.74) is 4.95. The van der Waals surface area contributed by atoms with Gasteiger partial charge in [0.1, 0.15) is 0 Å². The molecule has 1 fully saturated rings. The number of piperidine rings is 1. The molecule has 23 heavy (non-hydrogen) atoms. The van der Waals surface area contributed by atoms with E-state index in [0.29, 0.717) is 0 Å². The van der Waals surface area contributed by atoms with Gasteiger partial charge in [-0.2, -0.15) is 0 Å². The predicted octanol–water partition coefficient (Wildman–Crippen LogP) is 4.85. The lowest BCUT2D eigenvalue weighted by molar-refractivity contribution is 0.577. The molecule has 1 N–H and O–H groups in total. The summed E-state index contributed by atoms with van der Waals surface area (Å²) in [6, 6.07) is 17.0. The van der Waals surface area contributed by atoms with Gasteiger partial charge in [0.2, 0.25) is 0 Å². The van der Waals surface area contributed by atoms with Crippen molar-refractivity contribution < 1.29 is 0 Å². The van der Waals surface area contributed by atoms with Gasteiger partial charge < -0.3 is 9.88 Å². The Balaban J connectivity index is 1.52. The highest BCUT2D eigenvalue weighted by atomic mass is 32.2. The number of imidazole rings is 1. The second-order valence-electron chi connectivity index (χ2n) is 6.02. The van der Waals surface area contributed by atoms with Gasteiger partial charge in [-0.05, 0) is 43.0 Å². The number of para-hydroxylation sites is 3. The number of aromatic nitrogens is 2. The smallest absolute Gasteiger partial charge is 0.166 e. The minimum absolute atomic E-state index is 0.951. The molecule has 0 atom stereocenters. The summed E-state index contributed by atoms with van der Waals surface area (Å²) in [4.78, 5) is 10.6. The van der Waals surface area contributed by atoms with Crippen LogP contribution in [0.3, 0.4) is 0 Å². The first-order chi connectivity index (χ1) is 11.4. The molecule has 0 spiro atoms. The maximum atomic E-state index is 4.66. The maximum absolute atomic E-state index is 4.66. The first-order valence-corrected chi connectivity index (χ1v) is 9.29. The van der Waals surface area contributed by atoms with Crippen LogP contribution in [-0.4, -0.2) is 23.1 Å². The molecular formula is C19H21N3S. The predicted molar refractivity (Wildman–Crippen MR) is 98.2 cm³/mol. The summed E-state index contributed by atoms with van der Waals surface area (Å²) in [6.07, 6.45) is 3.99. The van der Waals surface area contributed by atoms with Crippen molar-refractivity contribution in [3.8, 4) is 0 Å². The second kappa shape index (κ2) is 6.67. The highest BCUT2D eigenvalue weighted by Gasteiger charge is 2.14. The molecule has 1 saturated heterocycles. The number of anilines is 1. The zero-order chi connectivity index (χ0) is 15.5. The van der Waals surface area contributed by atoms with Gasteiger partial charge in [0.15, 0.2) is 5.16 Å². The minimum Gasteiger partial charge on any atom is -0.371 e. The van der Waals surface area contributed by atoms with Crippen molar-refractivity contribution >= 4 is 28.5 Å². The Morgan fingerprint density at radius 1 is 0.957 bits per heavy atom. The van der Waals surface area contributed by atoms with Crippen LogP contribution in [0.2, 0.25) is 0 Å². The van der Waals surface area contributed by atoms with Crippen LogP contribution in [0, 0.1) is 0 Å². The molecule has 2 aromatic carbocycles.